The van der Waals surface area contributed by atoms with Gasteiger partial charge < -0.3 is 10.1 Å². The Bertz CT molecular complexity index is 146. The number of methoxy groups -OCH3 is 1. The zero-order chi connectivity index (χ0) is 10.4. The quantitative estimate of drug-likeness (QED) is 0.719. The summed E-state index contributed by atoms with van der Waals surface area (Å²) in [5.41, 5.74) is 0. The monoisotopic (exact) mass is 200 g/mol. The van der Waals surface area contributed by atoms with Crippen molar-refractivity contribution in [3.63, 3.8) is 0 Å². The lowest BCUT2D eigenvalue weighted by molar-refractivity contribution is 0.0758. The van der Waals surface area contributed by atoms with Crippen molar-refractivity contribution >= 4 is 0 Å². The molecule has 0 aliphatic carbocycles. The van der Waals surface area contributed by atoms with Gasteiger partial charge in [0.1, 0.15) is 0 Å². The zero-order valence-corrected chi connectivity index (χ0v) is 9.75. The third-order valence-electron chi connectivity index (χ3n) is 2.98. The molecule has 0 aromatic carbocycles. The summed E-state index contributed by atoms with van der Waals surface area (Å²) in [4.78, 5) is 2.53. The van der Waals surface area contributed by atoms with E-state index in [1.807, 2.05) is 0 Å². The van der Waals surface area contributed by atoms with Crippen LogP contribution in [0.4, 0.5) is 0 Å². The third kappa shape index (κ3) is 3.56. The molecular formula is C11H24N2O. The average Bonchev–Trinajstić information content (AvgIpc) is 2.19. The second kappa shape index (κ2) is 6.38. The Morgan fingerprint density at radius 3 is 3.00 bits per heavy atom. The lowest BCUT2D eigenvalue weighted by atomic mass is 10.0. The number of hydrogen-bond donors (Lipinski definition) is 1. The van der Waals surface area contributed by atoms with Crippen LogP contribution >= 0.6 is 0 Å². The van der Waals surface area contributed by atoms with Crippen LogP contribution in [-0.4, -0.2) is 50.3 Å². The van der Waals surface area contributed by atoms with Crippen molar-refractivity contribution in [3.8, 4) is 0 Å². The zero-order valence-electron chi connectivity index (χ0n) is 9.75. The fourth-order valence-corrected chi connectivity index (χ4v) is 2.21. The summed E-state index contributed by atoms with van der Waals surface area (Å²) in [5.74, 6) is 0. The van der Waals surface area contributed by atoms with Crippen LogP contribution in [0.3, 0.4) is 0 Å². The highest BCUT2D eigenvalue weighted by Crippen LogP contribution is 2.12. The summed E-state index contributed by atoms with van der Waals surface area (Å²) < 4.78 is 5.19. The Balaban J connectivity index is 2.31. The number of nitrogens with one attached hydrogen (secondary N) is 1. The second-order valence-corrected chi connectivity index (χ2v) is 4.20. The van der Waals surface area contributed by atoms with E-state index in [0.717, 1.165) is 13.2 Å². The molecule has 1 aliphatic rings. The summed E-state index contributed by atoms with van der Waals surface area (Å²) in [6.45, 7) is 8.76. The second-order valence-electron chi connectivity index (χ2n) is 4.20. The predicted octanol–water partition coefficient (Wildman–Crippen LogP) is 1.10. The van der Waals surface area contributed by atoms with E-state index in [-0.39, 0.29) is 0 Å². The lowest BCUT2D eigenvalue weighted by Gasteiger charge is -2.36. The topological polar surface area (TPSA) is 24.5 Å². The molecule has 3 heteroatoms. The Kier molecular flexibility index (Phi) is 5.45. The van der Waals surface area contributed by atoms with E-state index in [1.165, 1.54) is 25.9 Å². The maximum absolute atomic E-state index is 5.19. The minimum absolute atomic E-state index is 0.557. The highest BCUT2D eigenvalue weighted by Gasteiger charge is 2.22. The maximum Gasteiger partial charge on any atom is 0.0615 e. The molecule has 0 radical (unpaired) electrons. The number of piperidine rings is 1. The molecule has 1 aliphatic heterocycles. The highest BCUT2D eigenvalue weighted by atomic mass is 16.5. The molecule has 0 bridgehead atoms. The van der Waals surface area contributed by atoms with Crippen molar-refractivity contribution in [3.05, 3.63) is 0 Å². The molecule has 1 rings (SSSR count). The first-order chi connectivity index (χ1) is 6.77. The van der Waals surface area contributed by atoms with E-state index in [1.54, 1.807) is 7.11 Å². The number of hydrogen-bond acceptors (Lipinski definition) is 3. The molecule has 0 aromatic heterocycles. The predicted molar refractivity (Wildman–Crippen MR) is 59.6 cm³/mol. The first-order valence-corrected chi connectivity index (χ1v) is 5.74. The molecule has 0 spiro atoms. The van der Waals surface area contributed by atoms with Crippen molar-refractivity contribution in [1.82, 2.24) is 10.2 Å². The molecule has 1 N–H and O–H groups in total. The van der Waals surface area contributed by atoms with Gasteiger partial charge in [-0.2, -0.15) is 0 Å². The van der Waals surface area contributed by atoms with Crippen LogP contribution in [0, 0.1) is 0 Å². The molecule has 0 saturated carbocycles. The summed E-state index contributed by atoms with van der Waals surface area (Å²) in [7, 11) is 1.78. The van der Waals surface area contributed by atoms with Crippen LogP contribution in [0.1, 0.15) is 26.7 Å². The van der Waals surface area contributed by atoms with Crippen LogP contribution in [-0.2, 0) is 4.74 Å². The van der Waals surface area contributed by atoms with E-state index in [2.05, 4.69) is 24.1 Å². The summed E-state index contributed by atoms with van der Waals surface area (Å²) in [6, 6.07) is 1.24. The number of likely N-dealkylation sites (N-methyl/N-ethyl adjacent to an activating group) is 1. The minimum atomic E-state index is 0.557. The van der Waals surface area contributed by atoms with Gasteiger partial charge in [0.2, 0.25) is 0 Å². The number of nitrogens with zero attached hydrogens (tertiary/aromatic N) is 1. The minimum Gasteiger partial charge on any atom is -0.383 e. The van der Waals surface area contributed by atoms with Crippen LogP contribution in [0.2, 0.25) is 0 Å². The van der Waals surface area contributed by atoms with Gasteiger partial charge in [0.05, 0.1) is 6.61 Å². The fraction of sp³-hybridized carbons (Fsp3) is 1.00. The Hall–Kier alpha value is -0.120. The molecular weight excluding hydrogens is 176 g/mol. The SMILES string of the molecule is CCNC1CCCN(C(C)COC)C1. The molecule has 3 nitrogen and oxygen atoms in total. The Morgan fingerprint density at radius 2 is 2.36 bits per heavy atom. The maximum atomic E-state index is 5.19. The third-order valence-corrected chi connectivity index (χ3v) is 2.98. The lowest BCUT2D eigenvalue weighted by Crippen LogP contribution is -2.49. The molecule has 2 atom stereocenters. The van der Waals surface area contributed by atoms with E-state index in [0.29, 0.717) is 12.1 Å². The first kappa shape index (κ1) is 12.0. The Morgan fingerprint density at radius 1 is 1.57 bits per heavy atom. The van der Waals surface area contributed by atoms with Crippen LogP contribution < -0.4 is 5.32 Å². The molecule has 14 heavy (non-hydrogen) atoms. The molecule has 84 valence electrons. The van der Waals surface area contributed by atoms with Crippen molar-refractivity contribution < 1.29 is 4.74 Å². The van der Waals surface area contributed by atoms with Gasteiger partial charge in [0.15, 0.2) is 0 Å². The van der Waals surface area contributed by atoms with Gasteiger partial charge in [-0.25, -0.2) is 0 Å². The van der Waals surface area contributed by atoms with Gasteiger partial charge in [0.25, 0.3) is 0 Å². The van der Waals surface area contributed by atoms with Crippen LogP contribution in [0.25, 0.3) is 0 Å². The van der Waals surface area contributed by atoms with Gasteiger partial charge in [-0.1, -0.05) is 6.92 Å². The molecule has 1 fully saturated rings. The van der Waals surface area contributed by atoms with Gasteiger partial charge in [-0.05, 0) is 32.9 Å². The highest BCUT2D eigenvalue weighted by molar-refractivity contribution is 4.80. The smallest absolute Gasteiger partial charge is 0.0615 e. The normalized spacial score (nSPS) is 26.4. The van der Waals surface area contributed by atoms with Gasteiger partial charge >= 0.3 is 0 Å². The van der Waals surface area contributed by atoms with Crippen LogP contribution in [0.5, 0.6) is 0 Å². The van der Waals surface area contributed by atoms with Gasteiger partial charge in [-0.15, -0.1) is 0 Å². The van der Waals surface area contributed by atoms with E-state index in [4.69, 9.17) is 4.74 Å². The Labute approximate surface area is 87.8 Å². The van der Waals surface area contributed by atoms with Crippen molar-refractivity contribution in [2.75, 3.05) is 33.4 Å². The standard InChI is InChI=1S/C11H24N2O/c1-4-12-11-6-5-7-13(8-11)10(2)9-14-3/h10-12H,4-9H2,1-3H3. The van der Waals surface area contributed by atoms with E-state index in [9.17, 15) is 0 Å². The first-order valence-electron chi connectivity index (χ1n) is 5.74. The van der Waals surface area contributed by atoms with Crippen molar-refractivity contribution in [2.45, 2.75) is 38.8 Å². The van der Waals surface area contributed by atoms with Gasteiger partial charge in [0, 0.05) is 25.7 Å². The molecule has 1 saturated heterocycles. The van der Waals surface area contributed by atoms with E-state index < -0.39 is 0 Å². The molecule has 1 heterocycles. The largest absolute Gasteiger partial charge is 0.383 e. The van der Waals surface area contributed by atoms with E-state index >= 15 is 0 Å². The van der Waals surface area contributed by atoms with Crippen molar-refractivity contribution in [2.24, 2.45) is 0 Å². The average molecular weight is 200 g/mol. The summed E-state index contributed by atoms with van der Waals surface area (Å²) >= 11 is 0. The van der Waals surface area contributed by atoms with Crippen molar-refractivity contribution in [1.29, 1.82) is 0 Å². The molecule has 2 unspecified atom stereocenters. The van der Waals surface area contributed by atoms with Gasteiger partial charge in [-0.3, -0.25) is 4.90 Å². The summed E-state index contributed by atoms with van der Waals surface area (Å²) in [5, 5.41) is 3.53. The number of ether oxygens (including phenoxy) is 1. The number of rotatable bonds is 5. The van der Waals surface area contributed by atoms with Crippen LogP contribution in [0.15, 0.2) is 0 Å². The molecule has 0 aromatic rings. The molecule has 0 amide bonds. The fourth-order valence-electron chi connectivity index (χ4n) is 2.21. The number of likely N-dealkylation sites (tertiary alicyclic amines) is 1. The summed E-state index contributed by atoms with van der Waals surface area (Å²) in [6.07, 6.45) is 2.63.